The van der Waals surface area contributed by atoms with Gasteiger partial charge in [-0.15, -0.1) is 0 Å². The summed E-state index contributed by atoms with van der Waals surface area (Å²) >= 11 is 12.0. The molecule has 2 N–H and O–H groups in total. The molecule has 0 radical (unpaired) electrons. The summed E-state index contributed by atoms with van der Waals surface area (Å²) in [4.78, 5) is 0. The molecule has 1 saturated carbocycles. The van der Waals surface area contributed by atoms with Crippen LogP contribution in [0.3, 0.4) is 0 Å². The van der Waals surface area contributed by atoms with Crippen molar-refractivity contribution in [2.75, 3.05) is 12.8 Å². The summed E-state index contributed by atoms with van der Waals surface area (Å²) in [6, 6.07) is 5.38. The molecule has 0 spiro atoms. The molecular weight excluding hydrogens is 311 g/mol. The van der Waals surface area contributed by atoms with E-state index in [2.05, 4.69) is 5.16 Å². The fraction of sp³-hybridized carbons (Fsp3) is 0.400. The molecule has 0 amide bonds. The lowest BCUT2D eigenvalue weighted by Gasteiger charge is -2.40. The van der Waals surface area contributed by atoms with Crippen LogP contribution in [0.4, 0.5) is 5.88 Å². The Hall–Kier alpha value is -1.23. The molecule has 1 aliphatic rings. The zero-order valence-electron chi connectivity index (χ0n) is 11.7. The van der Waals surface area contributed by atoms with E-state index in [1.165, 1.54) is 6.42 Å². The van der Waals surface area contributed by atoms with Crippen molar-refractivity contribution in [3.63, 3.8) is 0 Å². The minimum Gasteiger partial charge on any atom is -0.378 e. The highest BCUT2D eigenvalue weighted by atomic mass is 35.5. The van der Waals surface area contributed by atoms with E-state index in [9.17, 15) is 0 Å². The van der Waals surface area contributed by atoms with E-state index in [0.29, 0.717) is 16.5 Å². The fourth-order valence-electron chi connectivity index (χ4n) is 2.75. The molecule has 0 atom stereocenters. The van der Waals surface area contributed by atoms with Crippen molar-refractivity contribution in [3.05, 3.63) is 33.9 Å². The number of aromatic nitrogens is 1. The lowest BCUT2D eigenvalue weighted by molar-refractivity contribution is -0.0717. The Morgan fingerprint density at radius 3 is 2.67 bits per heavy atom. The van der Waals surface area contributed by atoms with Gasteiger partial charge in [-0.25, -0.2) is 0 Å². The van der Waals surface area contributed by atoms with Crippen LogP contribution in [0.2, 0.25) is 10.0 Å². The first-order valence-corrected chi connectivity index (χ1v) is 7.55. The summed E-state index contributed by atoms with van der Waals surface area (Å²) < 4.78 is 10.8. The Balaban J connectivity index is 1.98. The molecule has 6 heteroatoms. The normalized spacial score (nSPS) is 16.7. The van der Waals surface area contributed by atoms with Crippen LogP contribution in [0.25, 0.3) is 11.1 Å². The van der Waals surface area contributed by atoms with E-state index in [0.717, 1.165) is 29.7 Å². The summed E-state index contributed by atoms with van der Waals surface area (Å²) in [5.74, 6) is 0.286. The second-order valence-electron chi connectivity index (χ2n) is 5.41. The molecule has 112 valence electrons. The smallest absolute Gasteiger partial charge is 0.230 e. The predicted molar refractivity (Wildman–Crippen MR) is 83.7 cm³/mol. The number of nitrogens with zero attached hydrogens (tertiary/aromatic N) is 1. The lowest BCUT2D eigenvalue weighted by atomic mass is 9.76. The molecule has 1 fully saturated rings. The van der Waals surface area contributed by atoms with Gasteiger partial charge >= 0.3 is 0 Å². The molecule has 0 unspecified atom stereocenters. The van der Waals surface area contributed by atoms with Crippen molar-refractivity contribution in [1.29, 1.82) is 0 Å². The first kappa shape index (κ1) is 14.7. The number of hydrogen-bond donors (Lipinski definition) is 1. The minimum absolute atomic E-state index is 0.145. The van der Waals surface area contributed by atoms with E-state index in [4.69, 9.17) is 38.2 Å². The van der Waals surface area contributed by atoms with Gasteiger partial charge in [0.25, 0.3) is 0 Å². The second kappa shape index (κ2) is 5.52. The first-order chi connectivity index (χ1) is 10.0. The number of rotatable bonds is 4. The third kappa shape index (κ3) is 2.63. The van der Waals surface area contributed by atoms with Crippen molar-refractivity contribution in [2.24, 2.45) is 0 Å². The monoisotopic (exact) mass is 326 g/mol. The number of ether oxygens (including phenoxy) is 1. The highest BCUT2D eigenvalue weighted by Crippen LogP contribution is 2.41. The van der Waals surface area contributed by atoms with E-state index >= 15 is 0 Å². The Kier molecular flexibility index (Phi) is 3.86. The number of halogens is 2. The van der Waals surface area contributed by atoms with E-state index in [-0.39, 0.29) is 11.5 Å². The Morgan fingerprint density at radius 1 is 1.33 bits per heavy atom. The van der Waals surface area contributed by atoms with Gasteiger partial charge in [0.15, 0.2) is 0 Å². The lowest BCUT2D eigenvalue weighted by Crippen LogP contribution is -2.41. The Labute approximate surface area is 133 Å². The zero-order chi connectivity index (χ0) is 15.0. The van der Waals surface area contributed by atoms with Gasteiger partial charge in [0.05, 0.1) is 26.9 Å². The molecule has 0 bridgehead atoms. The topological polar surface area (TPSA) is 61.3 Å². The van der Waals surface area contributed by atoms with Gasteiger partial charge in [0.2, 0.25) is 5.88 Å². The average Bonchev–Trinajstić information content (AvgIpc) is 2.78. The van der Waals surface area contributed by atoms with Crippen LogP contribution in [0.15, 0.2) is 22.7 Å². The second-order valence-corrected chi connectivity index (χ2v) is 6.23. The van der Waals surface area contributed by atoms with Crippen molar-refractivity contribution >= 4 is 29.1 Å². The summed E-state index contributed by atoms with van der Waals surface area (Å²) in [6.07, 6.45) is 3.90. The molecule has 4 nitrogen and oxygen atoms in total. The van der Waals surface area contributed by atoms with Crippen molar-refractivity contribution in [3.8, 4) is 11.1 Å². The third-order valence-electron chi connectivity index (χ3n) is 4.18. The van der Waals surface area contributed by atoms with E-state index in [1.807, 2.05) is 6.07 Å². The van der Waals surface area contributed by atoms with E-state index in [1.54, 1.807) is 19.2 Å². The van der Waals surface area contributed by atoms with Crippen LogP contribution in [-0.4, -0.2) is 17.9 Å². The molecule has 21 heavy (non-hydrogen) atoms. The molecule has 1 aliphatic carbocycles. The third-order valence-corrected chi connectivity index (χ3v) is 4.92. The SMILES string of the molecule is COC1(Cc2noc(N)c2-c2ccc(Cl)c(Cl)c2)CCC1. The summed E-state index contributed by atoms with van der Waals surface area (Å²) in [6.45, 7) is 0. The molecule has 0 saturated heterocycles. The van der Waals surface area contributed by atoms with Crippen LogP contribution in [0, 0.1) is 0 Å². The molecule has 1 aromatic carbocycles. The quantitative estimate of drug-likeness (QED) is 0.907. The maximum absolute atomic E-state index is 6.09. The molecule has 2 aromatic rings. The van der Waals surface area contributed by atoms with Crippen molar-refractivity contribution < 1.29 is 9.26 Å². The number of nitrogens with two attached hydrogens (primary N) is 1. The number of anilines is 1. The molecule has 0 aliphatic heterocycles. The van der Waals surface area contributed by atoms with Crippen LogP contribution in [0.1, 0.15) is 25.0 Å². The predicted octanol–water partition coefficient (Wildman–Crippen LogP) is 4.34. The van der Waals surface area contributed by atoms with E-state index < -0.39 is 0 Å². The molecule has 1 aromatic heterocycles. The Bertz CT molecular complexity index is 660. The highest BCUT2D eigenvalue weighted by molar-refractivity contribution is 6.42. The van der Waals surface area contributed by atoms with Crippen LogP contribution in [0.5, 0.6) is 0 Å². The van der Waals surface area contributed by atoms with Crippen LogP contribution in [-0.2, 0) is 11.2 Å². The van der Waals surface area contributed by atoms with Crippen molar-refractivity contribution in [2.45, 2.75) is 31.3 Å². The number of benzene rings is 1. The van der Waals surface area contributed by atoms with Gasteiger partial charge in [0, 0.05) is 13.5 Å². The molecule has 3 rings (SSSR count). The number of nitrogen functional groups attached to an aromatic ring is 1. The first-order valence-electron chi connectivity index (χ1n) is 6.79. The number of hydrogen-bond acceptors (Lipinski definition) is 4. The molecule has 1 heterocycles. The maximum atomic E-state index is 6.09. The summed E-state index contributed by atoms with van der Waals surface area (Å²) in [7, 11) is 1.74. The Morgan fingerprint density at radius 2 is 2.10 bits per heavy atom. The van der Waals surface area contributed by atoms with Gasteiger partial charge < -0.3 is 15.0 Å². The average molecular weight is 327 g/mol. The standard InChI is InChI=1S/C15H16Cl2N2O2/c1-20-15(5-2-6-15)8-12-13(14(18)21-19-12)9-3-4-10(16)11(17)7-9/h3-4,7H,2,5-6,8,18H2,1H3. The largest absolute Gasteiger partial charge is 0.378 e. The van der Waals surface area contributed by atoms with Gasteiger partial charge in [-0.3, -0.25) is 0 Å². The minimum atomic E-state index is -0.145. The van der Waals surface area contributed by atoms with Gasteiger partial charge in [-0.2, -0.15) is 0 Å². The fourth-order valence-corrected chi connectivity index (χ4v) is 3.05. The number of methoxy groups -OCH3 is 1. The highest BCUT2D eigenvalue weighted by Gasteiger charge is 2.39. The molecular formula is C15H16Cl2N2O2. The van der Waals surface area contributed by atoms with Crippen molar-refractivity contribution in [1.82, 2.24) is 5.16 Å². The summed E-state index contributed by atoms with van der Waals surface area (Å²) in [5.41, 5.74) is 8.21. The van der Waals surface area contributed by atoms with Gasteiger partial charge in [-0.1, -0.05) is 34.4 Å². The van der Waals surface area contributed by atoms with Gasteiger partial charge in [-0.05, 0) is 37.0 Å². The maximum Gasteiger partial charge on any atom is 0.230 e. The van der Waals surface area contributed by atoms with Gasteiger partial charge in [0.1, 0.15) is 0 Å². The van der Waals surface area contributed by atoms with Crippen LogP contribution >= 0.6 is 23.2 Å². The summed E-state index contributed by atoms with van der Waals surface area (Å²) in [5, 5.41) is 5.08. The van der Waals surface area contributed by atoms with Crippen LogP contribution < -0.4 is 5.73 Å². The zero-order valence-corrected chi connectivity index (χ0v) is 13.2.